The first kappa shape index (κ1) is 30.4. The SMILES string of the molecule is C.CC[C@H]1O[C@@H](n2ccc3c(NC(=O)c4ccccc4)ncnc32)C(O[Si](C)(C)C(C)(C)C)[C@H]1OP(C)C. The van der Waals surface area contributed by atoms with E-state index < -0.39 is 22.7 Å². The smallest absolute Gasteiger partial charge is 0.256 e. The molecule has 1 aromatic carbocycles. The molecular formula is C28H43N4O4PSi. The van der Waals surface area contributed by atoms with Crippen LogP contribution in [0.2, 0.25) is 18.1 Å². The van der Waals surface area contributed by atoms with Crippen molar-refractivity contribution in [3.8, 4) is 0 Å². The highest BCUT2D eigenvalue weighted by Crippen LogP contribution is 2.46. The van der Waals surface area contributed by atoms with Gasteiger partial charge in [-0.25, -0.2) is 9.97 Å². The van der Waals surface area contributed by atoms with Gasteiger partial charge >= 0.3 is 0 Å². The number of benzene rings is 1. The number of ether oxygens (including phenoxy) is 1. The summed E-state index contributed by atoms with van der Waals surface area (Å²) in [6.45, 7) is 17.6. The molecule has 1 aliphatic heterocycles. The lowest BCUT2D eigenvalue weighted by Crippen LogP contribution is -2.48. The Balaban J connectivity index is 0.00000400. The fourth-order valence-corrected chi connectivity index (χ4v) is 6.35. The third-order valence-electron chi connectivity index (χ3n) is 7.31. The Labute approximate surface area is 229 Å². The van der Waals surface area contributed by atoms with E-state index in [-0.39, 0.29) is 36.7 Å². The standard InChI is InChI=1S/C27H39N4O4PSi.CH4/c1-9-20-21(34-36(5)6)22(35-37(7,8)27(2,3)4)26(33-20)31-16-15-19-23(28-17-29-24(19)31)30-25(32)18-13-11-10-12-14-18;/h10-17,20-22,26H,9H2,1-8H3,(H,28,29,30,32);1H4/t20-,21+,22?,26-;/m1./s1. The van der Waals surface area contributed by atoms with Crippen molar-refractivity contribution in [1.82, 2.24) is 14.5 Å². The lowest BCUT2D eigenvalue weighted by Gasteiger charge is -2.41. The van der Waals surface area contributed by atoms with E-state index in [1.807, 2.05) is 35.0 Å². The second kappa shape index (κ2) is 11.9. The Kier molecular flexibility index (Phi) is 9.53. The molecule has 1 N–H and O–H groups in total. The van der Waals surface area contributed by atoms with Crippen molar-refractivity contribution in [2.45, 2.75) is 84.2 Å². The Hall–Kier alpha value is -2.16. The molecule has 1 aliphatic rings. The molecule has 1 unspecified atom stereocenters. The number of nitrogens with zero attached hydrogens (tertiary/aromatic N) is 3. The highest BCUT2D eigenvalue weighted by Gasteiger charge is 2.51. The molecule has 3 heterocycles. The summed E-state index contributed by atoms with van der Waals surface area (Å²) >= 11 is 0. The van der Waals surface area contributed by atoms with Gasteiger partial charge in [-0.3, -0.25) is 4.79 Å². The molecule has 0 aliphatic carbocycles. The highest BCUT2D eigenvalue weighted by atomic mass is 31.1. The predicted molar refractivity (Wildman–Crippen MR) is 159 cm³/mol. The number of hydrogen-bond acceptors (Lipinski definition) is 6. The van der Waals surface area contributed by atoms with Crippen molar-refractivity contribution in [2.75, 3.05) is 18.6 Å². The number of carbonyl (C=O) groups is 1. The molecule has 4 atom stereocenters. The van der Waals surface area contributed by atoms with Crippen LogP contribution in [0.1, 0.15) is 58.1 Å². The minimum Gasteiger partial charge on any atom is -0.407 e. The third kappa shape index (κ3) is 6.18. The first-order chi connectivity index (χ1) is 17.4. The zero-order valence-electron chi connectivity index (χ0n) is 23.1. The molecule has 1 fully saturated rings. The van der Waals surface area contributed by atoms with Crippen molar-refractivity contribution < 1.29 is 18.5 Å². The van der Waals surface area contributed by atoms with E-state index in [0.717, 1.165) is 11.8 Å². The van der Waals surface area contributed by atoms with Crippen LogP contribution in [0, 0.1) is 0 Å². The van der Waals surface area contributed by atoms with Crippen LogP contribution in [0.3, 0.4) is 0 Å². The number of anilines is 1. The van der Waals surface area contributed by atoms with Crippen molar-refractivity contribution >= 4 is 39.2 Å². The maximum absolute atomic E-state index is 12.8. The lowest BCUT2D eigenvalue weighted by molar-refractivity contribution is -0.0320. The molecule has 208 valence electrons. The first-order valence-corrected chi connectivity index (χ1v) is 17.8. The summed E-state index contributed by atoms with van der Waals surface area (Å²) < 4.78 is 22.1. The van der Waals surface area contributed by atoms with Crippen LogP contribution >= 0.6 is 8.15 Å². The number of carbonyl (C=O) groups excluding carboxylic acids is 1. The largest absolute Gasteiger partial charge is 0.407 e. The van der Waals surface area contributed by atoms with Gasteiger partial charge in [-0.15, -0.1) is 0 Å². The zero-order chi connectivity index (χ0) is 27.0. The van der Waals surface area contributed by atoms with Gasteiger partial charge in [0.25, 0.3) is 5.91 Å². The van der Waals surface area contributed by atoms with Gasteiger partial charge in [0.1, 0.15) is 30.0 Å². The van der Waals surface area contributed by atoms with Crippen LogP contribution in [0.5, 0.6) is 0 Å². The summed E-state index contributed by atoms with van der Waals surface area (Å²) in [7, 11) is -2.77. The number of aromatic nitrogens is 3. The number of rotatable bonds is 8. The number of fused-ring (bicyclic) bond motifs is 1. The Morgan fingerprint density at radius 1 is 1.13 bits per heavy atom. The van der Waals surface area contributed by atoms with Crippen molar-refractivity contribution in [3.63, 3.8) is 0 Å². The summed E-state index contributed by atoms with van der Waals surface area (Å²) in [5, 5.41) is 3.71. The summed E-state index contributed by atoms with van der Waals surface area (Å²) in [4.78, 5) is 21.8. The van der Waals surface area contributed by atoms with Crippen LogP contribution in [0.25, 0.3) is 11.0 Å². The number of hydrogen-bond donors (Lipinski definition) is 1. The molecule has 4 rings (SSSR count). The van der Waals surface area contributed by atoms with Crippen LogP contribution in [0.4, 0.5) is 5.82 Å². The average molecular weight is 559 g/mol. The first-order valence-electron chi connectivity index (χ1n) is 12.8. The molecular weight excluding hydrogens is 515 g/mol. The van der Waals surface area contributed by atoms with Crippen LogP contribution in [-0.4, -0.2) is 60.4 Å². The Morgan fingerprint density at radius 2 is 1.82 bits per heavy atom. The van der Waals surface area contributed by atoms with Gasteiger partial charge in [0.15, 0.2) is 14.5 Å². The second-order valence-electron chi connectivity index (χ2n) is 11.2. The van der Waals surface area contributed by atoms with Gasteiger partial charge in [0, 0.05) is 19.9 Å². The van der Waals surface area contributed by atoms with Gasteiger partial charge in [-0.1, -0.05) is 53.3 Å². The molecule has 2 aromatic heterocycles. The molecule has 1 saturated heterocycles. The topological polar surface area (TPSA) is 87.5 Å². The van der Waals surface area contributed by atoms with Crippen LogP contribution in [0.15, 0.2) is 48.9 Å². The maximum Gasteiger partial charge on any atom is 0.256 e. The normalized spacial score (nSPS) is 22.0. The molecule has 8 nitrogen and oxygen atoms in total. The average Bonchev–Trinajstić information content (AvgIpc) is 3.40. The highest BCUT2D eigenvalue weighted by molar-refractivity contribution is 7.50. The Morgan fingerprint density at radius 3 is 2.42 bits per heavy atom. The van der Waals surface area contributed by atoms with Gasteiger partial charge in [0.2, 0.25) is 0 Å². The van der Waals surface area contributed by atoms with Gasteiger partial charge in [-0.2, -0.15) is 0 Å². The molecule has 10 heteroatoms. The lowest BCUT2D eigenvalue weighted by atomic mass is 10.1. The molecule has 38 heavy (non-hydrogen) atoms. The molecule has 1 amide bonds. The molecule has 3 aromatic rings. The summed E-state index contributed by atoms with van der Waals surface area (Å²) in [5.41, 5.74) is 1.25. The van der Waals surface area contributed by atoms with Crippen molar-refractivity contribution in [2.24, 2.45) is 0 Å². The van der Waals surface area contributed by atoms with E-state index in [1.165, 1.54) is 6.33 Å². The van der Waals surface area contributed by atoms with E-state index in [1.54, 1.807) is 12.1 Å². The number of nitrogens with one attached hydrogen (secondary N) is 1. The van der Waals surface area contributed by atoms with Gasteiger partial charge in [0.05, 0.1) is 11.5 Å². The van der Waals surface area contributed by atoms with E-state index in [9.17, 15) is 4.79 Å². The van der Waals surface area contributed by atoms with Crippen LogP contribution < -0.4 is 5.32 Å². The van der Waals surface area contributed by atoms with E-state index >= 15 is 0 Å². The predicted octanol–water partition coefficient (Wildman–Crippen LogP) is 7.06. The van der Waals surface area contributed by atoms with Crippen molar-refractivity contribution in [3.05, 3.63) is 54.5 Å². The molecule has 0 bridgehead atoms. The minimum atomic E-state index is -2.15. The van der Waals surface area contributed by atoms with Crippen molar-refractivity contribution in [1.29, 1.82) is 0 Å². The summed E-state index contributed by atoms with van der Waals surface area (Å²) in [6, 6.07) is 11.0. The molecule has 0 radical (unpaired) electrons. The fraction of sp³-hybridized carbons (Fsp3) is 0.536. The summed E-state index contributed by atoms with van der Waals surface area (Å²) in [5.74, 6) is 0.242. The van der Waals surface area contributed by atoms with E-state index in [4.69, 9.17) is 13.7 Å². The summed E-state index contributed by atoms with van der Waals surface area (Å²) in [6.07, 6.45) is 3.25. The van der Waals surface area contributed by atoms with E-state index in [0.29, 0.717) is 17.0 Å². The Bertz CT molecular complexity index is 1230. The second-order valence-corrected chi connectivity index (χ2v) is 17.8. The molecule has 0 saturated carbocycles. The maximum atomic E-state index is 12.8. The monoisotopic (exact) mass is 558 g/mol. The zero-order valence-corrected chi connectivity index (χ0v) is 25.0. The fourth-order valence-electron chi connectivity index (χ4n) is 4.32. The number of amides is 1. The van der Waals surface area contributed by atoms with Gasteiger partial charge < -0.3 is 23.6 Å². The van der Waals surface area contributed by atoms with Gasteiger partial charge in [-0.05, 0) is 56.1 Å². The third-order valence-corrected chi connectivity index (χ3v) is 12.4. The molecule has 0 spiro atoms. The van der Waals surface area contributed by atoms with E-state index in [2.05, 4.69) is 69.4 Å². The quantitative estimate of drug-likeness (QED) is 0.235. The minimum absolute atomic E-state index is 0. The van der Waals surface area contributed by atoms with Crippen LogP contribution in [-0.2, 0) is 13.7 Å².